The van der Waals surface area contributed by atoms with Crippen LogP contribution >= 0.6 is 8.70 Å². The molecule has 0 aliphatic carbocycles. The standard InChI is InChI=1S/C5H9P/c1-3-5(2)4-6/h5H,3H2,1-2H3. The quantitative estimate of drug-likeness (QED) is 0.444. The minimum absolute atomic E-state index is 0.549. The van der Waals surface area contributed by atoms with Gasteiger partial charge in [0.05, 0.1) is 0 Å². The van der Waals surface area contributed by atoms with Crippen LogP contribution in [-0.2, 0) is 0 Å². The fraction of sp³-hybridized carbons (Fsp3) is 0.800. The van der Waals surface area contributed by atoms with Gasteiger partial charge in [-0.05, 0) is 0 Å². The summed E-state index contributed by atoms with van der Waals surface area (Å²) in [6.07, 6.45) is 1.14. The normalized spacial score (nSPS) is 12.8. The van der Waals surface area contributed by atoms with E-state index in [0.29, 0.717) is 5.92 Å². The summed E-state index contributed by atoms with van der Waals surface area (Å²) in [6, 6.07) is 0. The van der Waals surface area contributed by atoms with E-state index in [1.165, 1.54) is 0 Å². The summed E-state index contributed by atoms with van der Waals surface area (Å²) < 4.78 is 0. The summed E-state index contributed by atoms with van der Waals surface area (Å²) in [5.74, 6) is 0.549. The van der Waals surface area contributed by atoms with Crippen LogP contribution in [0.15, 0.2) is 0 Å². The maximum atomic E-state index is 3.85. The number of hydrogen-bond acceptors (Lipinski definition) is 0. The van der Waals surface area contributed by atoms with E-state index in [4.69, 9.17) is 0 Å². The molecule has 0 aromatic heterocycles. The fourth-order valence-electron chi connectivity index (χ4n) is 0.0913. The third-order valence-corrected chi connectivity index (χ3v) is 1.27. The Bertz CT molecular complexity index is 60.8. The first-order chi connectivity index (χ1) is 2.81. The molecule has 0 nitrogen and oxygen atoms in total. The molecule has 0 heterocycles. The van der Waals surface area contributed by atoms with E-state index in [0.717, 1.165) is 6.42 Å². The second-order valence-electron chi connectivity index (χ2n) is 1.44. The Morgan fingerprint density at radius 1 is 1.83 bits per heavy atom. The monoisotopic (exact) mass is 100 g/mol. The third-order valence-electron chi connectivity index (χ3n) is 0.833. The van der Waals surface area contributed by atoms with Crippen molar-refractivity contribution in [1.29, 1.82) is 0 Å². The first kappa shape index (κ1) is 6.21. The molecule has 0 aliphatic rings. The van der Waals surface area contributed by atoms with Gasteiger partial charge < -0.3 is 0 Å². The first-order valence-corrected chi connectivity index (χ1v) is 2.65. The van der Waals surface area contributed by atoms with Crippen LogP contribution in [0, 0.1) is 11.5 Å². The average Bonchev–Trinajstić information content (AvgIpc) is 1.65. The van der Waals surface area contributed by atoms with Crippen molar-refractivity contribution in [1.82, 2.24) is 0 Å². The van der Waals surface area contributed by atoms with Gasteiger partial charge in [-0.25, -0.2) is 0 Å². The fourth-order valence-corrected chi connectivity index (χ4v) is 0.274. The van der Waals surface area contributed by atoms with E-state index in [1.54, 1.807) is 0 Å². The summed E-state index contributed by atoms with van der Waals surface area (Å²) in [6.45, 7) is 4.21. The van der Waals surface area contributed by atoms with Gasteiger partial charge in [0.1, 0.15) is 0 Å². The Hall–Kier alpha value is 0.210. The maximum absolute atomic E-state index is 3.85. The van der Waals surface area contributed by atoms with Crippen LogP contribution < -0.4 is 0 Å². The van der Waals surface area contributed by atoms with E-state index >= 15 is 0 Å². The van der Waals surface area contributed by atoms with Crippen molar-refractivity contribution < 1.29 is 0 Å². The Kier molecular flexibility index (Phi) is 3.52. The predicted octanol–water partition coefficient (Wildman–Crippen LogP) is 2.40. The first-order valence-electron chi connectivity index (χ1n) is 2.20. The molecule has 0 aromatic carbocycles. The van der Waals surface area contributed by atoms with Gasteiger partial charge in [-0.2, -0.15) is 0 Å². The van der Waals surface area contributed by atoms with Crippen LogP contribution in [0.5, 0.6) is 0 Å². The molecular formula is C5H9P. The van der Waals surface area contributed by atoms with Gasteiger partial charge in [0.15, 0.2) is 0 Å². The molecule has 0 radical (unpaired) electrons. The average molecular weight is 100 g/mol. The van der Waals surface area contributed by atoms with Gasteiger partial charge in [-0.3, -0.25) is 0 Å². The van der Waals surface area contributed by atoms with E-state index in [-0.39, 0.29) is 0 Å². The van der Waals surface area contributed by atoms with Crippen molar-refractivity contribution >= 4 is 8.70 Å². The molecule has 0 amide bonds. The zero-order valence-electron chi connectivity index (χ0n) is 4.23. The molecule has 0 aliphatic heterocycles. The van der Waals surface area contributed by atoms with Gasteiger partial charge in [-0.15, -0.1) is 0 Å². The summed E-state index contributed by atoms with van der Waals surface area (Å²) >= 11 is 0. The van der Waals surface area contributed by atoms with Crippen molar-refractivity contribution in [2.45, 2.75) is 20.3 Å². The Morgan fingerprint density at radius 2 is 2.33 bits per heavy atom. The molecule has 6 heavy (non-hydrogen) atoms. The van der Waals surface area contributed by atoms with Crippen LogP contribution in [0.2, 0.25) is 0 Å². The van der Waals surface area contributed by atoms with Gasteiger partial charge in [0, 0.05) is 0 Å². The molecule has 0 saturated carbocycles. The molecule has 0 spiro atoms. The van der Waals surface area contributed by atoms with E-state index in [2.05, 4.69) is 28.2 Å². The molecule has 34 valence electrons. The predicted molar refractivity (Wildman–Crippen MR) is 30.3 cm³/mol. The van der Waals surface area contributed by atoms with Crippen molar-refractivity contribution in [3.05, 3.63) is 0 Å². The van der Waals surface area contributed by atoms with E-state index in [1.807, 2.05) is 0 Å². The molecule has 0 fully saturated rings. The number of hydrogen-bond donors (Lipinski definition) is 0. The van der Waals surface area contributed by atoms with Crippen molar-refractivity contribution in [3.63, 3.8) is 0 Å². The van der Waals surface area contributed by atoms with Crippen LogP contribution in [0.3, 0.4) is 0 Å². The Balaban J connectivity index is 3.04. The molecule has 0 aromatic rings. The van der Waals surface area contributed by atoms with Gasteiger partial charge in [0.25, 0.3) is 0 Å². The molecule has 0 saturated heterocycles. The van der Waals surface area contributed by atoms with Crippen molar-refractivity contribution in [2.75, 3.05) is 0 Å². The summed E-state index contributed by atoms with van der Waals surface area (Å²) in [4.78, 5) is 0. The SMILES string of the molecule is CCC(C)C#P. The van der Waals surface area contributed by atoms with Gasteiger partial charge in [0.2, 0.25) is 0 Å². The second kappa shape index (κ2) is 3.40. The minimum atomic E-state index is 0.549. The summed E-state index contributed by atoms with van der Waals surface area (Å²) in [5, 5.41) is 0. The van der Waals surface area contributed by atoms with E-state index in [9.17, 15) is 0 Å². The molecular weight excluding hydrogens is 91.0 g/mol. The Morgan fingerprint density at radius 3 is 2.33 bits per heavy atom. The topological polar surface area (TPSA) is 0 Å². The second-order valence-corrected chi connectivity index (χ2v) is 1.70. The molecule has 0 N–H and O–H groups in total. The van der Waals surface area contributed by atoms with Gasteiger partial charge in [-0.1, -0.05) is 0 Å². The Labute approximate surface area is 41.4 Å². The summed E-state index contributed by atoms with van der Waals surface area (Å²) in [7, 11) is 3.85. The number of rotatable bonds is 1. The van der Waals surface area contributed by atoms with Crippen LogP contribution in [0.4, 0.5) is 0 Å². The van der Waals surface area contributed by atoms with E-state index < -0.39 is 0 Å². The van der Waals surface area contributed by atoms with Crippen LogP contribution in [0.1, 0.15) is 20.3 Å². The zero-order valence-corrected chi connectivity index (χ0v) is 5.13. The molecule has 1 atom stereocenters. The molecule has 1 unspecified atom stereocenters. The third kappa shape index (κ3) is 2.45. The van der Waals surface area contributed by atoms with Crippen LogP contribution in [-0.4, -0.2) is 0 Å². The van der Waals surface area contributed by atoms with Gasteiger partial charge >= 0.3 is 40.5 Å². The molecule has 0 rings (SSSR count). The zero-order chi connectivity index (χ0) is 4.99. The van der Waals surface area contributed by atoms with Crippen molar-refractivity contribution in [2.24, 2.45) is 5.92 Å². The van der Waals surface area contributed by atoms with Crippen molar-refractivity contribution in [3.8, 4) is 5.63 Å². The summed E-state index contributed by atoms with van der Waals surface area (Å²) in [5.41, 5.74) is 2.81. The molecule has 0 bridgehead atoms. The van der Waals surface area contributed by atoms with Crippen LogP contribution in [0.25, 0.3) is 0 Å². The molecule has 1 heteroatoms.